The molecule has 0 saturated carbocycles. The molecule has 0 aliphatic carbocycles. The SMILES string of the molecule is CCCc1c(Cn2ccnc2-c2ncccc2F)nnc2c1ncn2C. The Labute approximate surface area is 149 Å². The first-order chi connectivity index (χ1) is 12.7. The van der Waals surface area contributed by atoms with Gasteiger partial charge < -0.3 is 9.13 Å². The number of hydrogen-bond donors (Lipinski definition) is 0. The zero-order valence-corrected chi connectivity index (χ0v) is 14.6. The standard InChI is InChI=1S/C18H18FN7/c1-3-5-12-14(23-24-18-15(12)22-11-25(18)2)10-26-9-8-21-17(26)16-13(19)6-4-7-20-16/h4,6-9,11H,3,5,10H2,1-2H3. The molecule has 0 aliphatic heterocycles. The first-order valence-corrected chi connectivity index (χ1v) is 8.46. The summed E-state index contributed by atoms with van der Waals surface area (Å²) in [6, 6.07) is 2.94. The maximum Gasteiger partial charge on any atom is 0.182 e. The Morgan fingerprint density at radius 2 is 2.00 bits per heavy atom. The highest BCUT2D eigenvalue weighted by atomic mass is 19.1. The van der Waals surface area contributed by atoms with E-state index in [1.807, 2.05) is 16.2 Å². The van der Waals surface area contributed by atoms with Gasteiger partial charge in [-0.1, -0.05) is 13.3 Å². The van der Waals surface area contributed by atoms with Crippen molar-refractivity contribution in [2.24, 2.45) is 7.05 Å². The van der Waals surface area contributed by atoms with Crippen molar-refractivity contribution in [3.8, 4) is 11.5 Å². The topological polar surface area (TPSA) is 74.3 Å². The van der Waals surface area contributed by atoms with Gasteiger partial charge in [0.25, 0.3) is 0 Å². The highest BCUT2D eigenvalue weighted by Crippen LogP contribution is 2.23. The summed E-state index contributed by atoms with van der Waals surface area (Å²) >= 11 is 0. The lowest BCUT2D eigenvalue weighted by molar-refractivity contribution is 0.621. The monoisotopic (exact) mass is 351 g/mol. The molecule has 0 spiro atoms. The molecule has 0 fully saturated rings. The minimum Gasteiger partial charge on any atom is -0.324 e. The smallest absolute Gasteiger partial charge is 0.182 e. The molecule has 0 aliphatic rings. The second kappa shape index (κ2) is 6.62. The molecule has 0 amide bonds. The number of fused-ring (bicyclic) bond motifs is 1. The molecule has 0 aromatic carbocycles. The highest BCUT2D eigenvalue weighted by molar-refractivity contribution is 5.75. The molecule has 7 nitrogen and oxygen atoms in total. The first kappa shape index (κ1) is 16.3. The van der Waals surface area contributed by atoms with Crippen LogP contribution >= 0.6 is 0 Å². The molecule has 0 saturated heterocycles. The number of rotatable bonds is 5. The minimum atomic E-state index is -0.403. The van der Waals surface area contributed by atoms with E-state index >= 15 is 0 Å². The lowest BCUT2D eigenvalue weighted by atomic mass is 10.1. The van der Waals surface area contributed by atoms with Gasteiger partial charge in [-0.2, -0.15) is 5.10 Å². The number of hydrogen-bond acceptors (Lipinski definition) is 5. The van der Waals surface area contributed by atoms with Crippen LogP contribution < -0.4 is 0 Å². The molecule has 0 bridgehead atoms. The molecule has 0 N–H and O–H groups in total. The molecule has 0 radical (unpaired) electrons. The molecule has 8 heteroatoms. The van der Waals surface area contributed by atoms with E-state index in [9.17, 15) is 4.39 Å². The molecular formula is C18H18FN7. The van der Waals surface area contributed by atoms with Crippen LogP contribution in [-0.2, 0) is 20.0 Å². The van der Waals surface area contributed by atoms with Gasteiger partial charge in [-0.3, -0.25) is 0 Å². The van der Waals surface area contributed by atoms with Crippen LogP contribution in [0.2, 0.25) is 0 Å². The lowest BCUT2D eigenvalue weighted by Gasteiger charge is -2.11. The summed E-state index contributed by atoms with van der Waals surface area (Å²) in [6.45, 7) is 2.55. The molecule has 4 aromatic rings. The summed E-state index contributed by atoms with van der Waals surface area (Å²) in [5.74, 6) is 0.0634. The van der Waals surface area contributed by atoms with E-state index in [-0.39, 0.29) is 5.69 Å². The third-order valence-corrected chi connectivity index (χ3v) is 4.31. The second-order valence-corrected chi connectivity index (χ2v) is 6.12. The molecule has 0 atom stereocenters. The fourth-order valence-electron chi connectivity index (χ4n) is 3.06. The third kappa shape index (κ3) is 2.73. The Morgan fingerprint density at radius 1 is 1.12 bits per heavy atom. The van der Waals surface area contributed by atoms with Crippen molar-refractivity contribution in [3.05, 3.63) is 54.1 Å². The van der Waals surface area contributed by atoms with Crippen LogP contribution in [0, 0.1) is 5.82 Å². The molecule has 4 rings (SSSR count). The summed E-state index contributed by atoms with van der Waals surface area (Å²) in [6.07, 6.45) is 8.55. The van der Waals surface area contributed by atoms with Gasteiger partial charge in [0.2, 0.25) is 0 Å². The average molecular weight is 351 g/mol. The van der Waals surface area contributed by atoms with Gasteiger partial charge in [-0.15, -0.1) is 5.10 Å². The minimum absolute atomic E-state index is 0.224. The molecule has 132 valence electrons. The summed E-state index contributed by atoms with van der Waals surface area (Å²) in [5, 5.41) is 8.73. The van der Waals surface area contributed by atoms with Crippen LogP contribution in [0.1, 0.15) is 24.6 Å². The predicted octanol–water partition coefficient (Wildman–Crippen LogP) is 2.76. The van der Waals surface area contributed by atoms with Crippen molar-refractivity contribution in [1.29, 1.82) is 0 Å². The lowest BCUT2D eigenvalue weighted by Crippen LogP contribution is -2.10. The molecule has 4 aromatic heterocycles. The molecule has 0 unspecified atom stereocenters. The van der Waals surface area contributed by atoms with Crippen molar-refractivity contribution in [1.82, 2.24) is 34.3 Å². The van der Waals surface area contributed by atoms with Gasteiger partial charge in [0, 0.05) is 31.2 Å². The predicted molar refractivity (Wildman–Crippen MR) is 94.8 cm³/mol. The summed E-state index contributed by atoms with van der Waals surface area (Å²) in [4.78, 5) is 12.9. The first-order valence-electron chi connectivity index (χ1n) is 8.46. The van der Waals surface area contributed by atoms with Gasteiger partial charge in [0.15, 0.2) is 17.3 Å². The molecule has 26 heavy (non-hydrogen) atoms. The van der Waals surface area contributed by atoms with Crippen LogP contribution in [0.25, 0.3) is 22.7 Å². The van der Waals surface area contributed by atoms with E-state index in [2.05, 4.69) is 32.1 Å². The summed E-state index contributed by atoms with van der Waals surface area (Å²) < 4.78 is 17.8. The summed E-state index contributed by atoms with van der Waals surface area (Å²) in [7, 11) is 1.90. The summed E-state index contributed by atoms with van der Waals surface area (Å²) in [5.41, 5.74) is 3.73. The van der Waals surface area contributed by atoms with E-state index in [0.717, 1.165) is 35.3 Å². The second-order valence-electron chi connectivity index (χ2n) is 6.12. The Morgan fingerprint density at radius 3 is 2.81 bits per heavy atom. The number of nitrogens with zero attached hydrogens (tertiary/aromatic N) is 7. The fourth-order valence-corrected chi connectivity index (χ4v) is 3.06. The van der Waals surface area contributed by atoms with Gasteiger partial charge in [-0.25, -0.2) is 19.3 Å². The largest absolute Gasteiger partial charge is 0.324 e. The number of pyridine rings is 1. The Hall–Kier alpha value is -3.16. The third-order valence-electron chi connectivity index (χ3n) is 4.31. The van der Waals surface area contributed by atoms with Crippen LogP contribution in [0.15, 0.2) is 37.1 Å². The van der Waals surface area contributed by atoms with Gasteiger partial charge in [-0.05, 0) is 18.6 Å². The van der Waals surface area contributed by atoms with Crippen LogP contribution in [-0.4, -0.2) is 34.3 Å². The van der Waals surface area contributed by atoms with Crippen molar-refractivity contribution >= 4 is 11.2 Å². The van der Waals surface area contributed by atoms with E-state index in [4.69, 9.17) is 0 Å². The van der Waals surface area contributed by atoms with Gasteiger partial charge >= 0.3 is 0 Å². The van der Waals surface area contributed by atoms with Crippen LogP contribution in [0.3, 0.4) is 0 Å². The quantitative estimate of drug-likeness (QED) is 0.553. The van der Waals surface area contributed by atoms with E-state index in [0.29, 0.717) is 12.4 Å². The zero-order valence-electron chi connectivity index (χ0n) is 14.6. The normalized spacial score (nSPS) is 11.3. The zero-order chi connectivity index (χ0) is 18.1. The Balaban J connectivity index is 1.78. The van der Waals surface area contributed by atoms with Crippen molar-refractivity contribution in [3.63, 3.8) is 0 Å². The van der Waals surface area contributed by atoms with Crippen LogP contribution in [0.5, 0.6) is 0 Å². The van der Waals surface area contributed by atoms with Crippen molar-refractivity contribution in [2.45, 2.75) is 26.3 Å². The Bertz CT molecular complexity index is 1070. The number of aryl methyl sites for hydroxylation is 2. The van der Waals surface area contributed by atoms with E-state index < -0.39 is 5.82 Å². The van der Waals surface area contributed by atoms with E-state index in [1.165, 1.54) is 6.07 Å². The van der Waals surface area contributed by atoms with Gasteiger partial charge in [0.05, 0.1) is 18.6 Å². The van der Waals surface area contributed by atoms with E-state index in [1.54, 1.807) is 31.0 Å². The van der Waals surface area contributed by atoms with Crippen molar-refractivity contribution < 1.29 is 4.39 Å². The maximum atomic E-state index is 14.1. The number of imidazole rings is 2. The molecular weight excluding hydrogens is 333 g/mol. The number of aromatic nitrogens is 7. The number of halogens is 1. The van der Waals surface area contributed by atoms with Gasteiger partial charge in [0.1, 0.15) is 11.2 Å². The van der Waals surface area contributed by atoms with Crippen LogP contribution in [0.4, 0.5) is 4.39 Å². The Kier molecular flexibility index (Phi) is 4.16. The fraction of sp³-hybridized carbons (Fsp3) is 0.278. The highest BCUT2D eigenvalue weighted by Gasteiger charge is 2.17. The average Bonchev–Trinajstić information content (AvgIpc) is 3.25. The maximum absolute atomic E-state index is 14.1. The van der Waals surface area contributed by atoms with Crippen molar-refractivity contribution in [2.75, 3.05) is 0 Å². The molecule has 4 heterocycles.